The van der Waals surface area contributed by atoms with Gasteiger partial charge in [0.1, 0.15) is 16.9 Å². The van der Waals surface area contributed by atoms with Gasteiger partial charge in [-0.2, -0.15) is 0 Å². The third-order valence-corrected chi connectivity index (χ3v) is 3.36. The fourth-order valence-corrected chi connectivity index (χ4v) is 2.39. The number of aliphatic carboxylic acids is 1. The van der Waals surface area contributed by atoms with Crippen LogP contribution in [0.2, 0.25) is 5.15 Å². The van der Waals surface area contributed by atoms with Crippen molar-refractivity contribution < 1.29 is 14.7 Å². The molecule has 1 fully saturated rings. The molecule has 0 aliphatic carbocycles. The van der Waals surface area contributed by atoms with Crippen molar-refractivity contribution in [3.05, 3.63) is 29.0 Å². The van der Waals surface area contributed by atoms with Crippen LogP contribution in [0.5, 0.6) is 0 Å². The second-order valence-electron chi connectivity index (χ2n) is 4.39. The van der Waals surface area contributed by atoms with Crippen molar-refractivity contribution in [2.45, 2.75) is 19.4 Å². The first-order valence-corrected chi connectivity index (χ1v) is 6.05. The van der Waals surface area contributed by atoms with E-state index in [-0.39, 0.29) is 22.7 Å². The smallest absolute Gasteiger partial charge is 0.326 e. The summed E-state index contributed by atoms with van der Waals surface area (Å²) in [5.41, 5.74) is 0.183. The number of amides is 1. The molecule has 0 bridgehead atoms. The Kier molecular flexibility index (Phi) is 3.52. The van der Waals surface area contributed by atoms with Gasteiger partial charge in [-0.15, -0.1) is 0 Å². The lowest BCUT2D eigenvalue weighted by atomic mass is 10.0. The molecule has 2 atom stereocenters. The van der Waals surface area contributed by atoms with Gasteiger partial charge in [-0.3, -0.25) is 4.79 Å². The van der Waals surface area contributed by atoms with Crippen LogP contribution in [-0.2, 0) is 4.79 Å². The van der Waals surface area contributed by atoms with E-state index in [0.29, 0.717) is 13.0 Å². The Labute approximate surface area is 109 Å². The minimum absolute atomic E-state index is 0.0503. The zero-order chi connectivity index (χ0) is 13.3. The molecule has 0 radical (unpaired) electrons. The average molecular weight is 269 g/mol. The summed E-state index contributed by atoms with van der Waals surface area (Å²) in [6.45, 7) is 2.27. The Morgan fingerprint density at radius 2 is 2.22 bits per heavy atom. The highest BCUT2D eigenvalue weighted by atomic mass is 35.5. The van der Waals surface area contributed by atoms with E-state index in [1.54, 1.807) is 12.1 Å². The van der Waals surface area contributed by atoms with Gasteiger partial charge in [0, 0.05) is 6.54 Å². The number of carbonyl (C=O) groups is 2. The first kappa shape index (κ1) is 12.8. The summed E-state index contributed by atoms with van der Waals surface area (Å²) in [4.78, 5) is 28.7. The van der Waals surface area contributed by atoms with Crippen molar-refractivity contribution in [1.82, 2.24) is 9.88 Å². The van der Waals surface area contributed by atoms with Gasteiger partial charge in [-0.1, -0.05) is 24.6 Å². The van der Waals surface area contributed by atoms with E-state index in [1.165, 1.54) is 11.0 Å². The number of aromatic nitrogens is 1. The van der Waals surface area contributed by atoms with Gasteiger partial charge in [-0.25, -0.2) is 9.78 Å². The third-order valence-electron chi connectivity index (χ3n) is 3.15. The zero-order valence-corrected chi connectivity index (χ0v) is 10.6. The highest BCUT2D eigenvalue weighted by molar-refractivity contribution is 6.29. The molecular formula is C12H13ClN2O3. The number of carbonyl (C=O) groups excluding carboxylic acids is 1. The molecule has 1 aromatic rings. The number of nitrogens with zero attached hydrogens (tertiary/aromatic N) is 2. The highest BCUT2D eigenvalue weighted by Crippen LogP contribution is 2.25. The quantitative estimate of drug-likeness (QED) is 0.829. The lowest BCUT2D eigenvalue weighted by Gasteiger charge is -2.22. The van der Waals surface area contributed by atoms with Crippen LogP contribution in [0, 0.1) is 5.92 Å². The number of hydrogen-bond donors (Lipinski definition) is 1. The predicted octanol–water partition coefficient (Wildman–Crippen LogP) is 1.67. The topological polar surface area (TPSA) is 70.5 Å². The van der Waals surface area contributed by atoms with E-state index in [1.807, 2.05) is 6.92 Å². The van der Waals surface area contributed by atoms with Crippen molar-refractivity contribution in [3.8, 4) is 0 Å². The SMILES string of the molecule is CC1CCN(C(=O)c2cccc(Cl)n2)C1C(=O)O. The molecule has 2 unspecified atom stereocenters. The minimum Gasteiger partial charge on any atom is -0.480 e. The monoisotopic (exact) mass is 268 g/mol. The molecule has 0 aromatic carbocycles. The van der Waals surface area contributed by atoms with Crippen LogP contribution >= 0.6 is 11.6 Å². The lowest BCUT2D eigenvalue weighted by molar-refractivity contribution is -0.142. The van der Waals surface area contributed by atoms with E-state index in [2.05, 4.69) is 4.98 Å². The molecule has 1 saturated heterocycles. The Bertz CT molecular complexity index is 492. The predicted molar refractivity (Wildman–Crippen MR) is 65.5 cm³/mol. The first-order chi connectivity index (χ1) is 8.50. The van der Waals surface area contributed by atoms with Crippen LogP contribution in [0.4, 0.5) is 0 Å². The van der Waals surface area contributed by atoms with Crippen LogP contribution in [-0.4, -0.2) is 39.5 Å². The maximum Gasteiger partial charge on any atom is 0.326 e. The minimum atomic E-state index is -0.977. The van der Waals surface area contributed by atoms with E-state index in [4.69, 9.17) is 16.7 Å². The molecule has 1 N–H and O–H groups in total. The standard InChI is InChI=1S/C12H13ClN2O3/c1-7-5-6-15(10(7)12(17)18)11(16)8-3-2-4-9(13)14-8/h2-4,7,10H,5-6H2,1H3,(H,17,18). The van der Waals surface area contributed by atoms with Crippen molar-refractivity contribution in [2.75, 3.05) is 6.54 Å². The first-order valence-electron chi connectivity index (χ1n) is 5.67. The molecule has 2 heterocycles. The maximum absolute atomic E-state index is 12.2. The van der Waals surface area contributed by atoms with E-state index in [9.17, 15) is 9.59 Å². The largest absolute Gasteiger partial charge is 0.480 e. The van der Waals surface area contributed by atoms with Crippen LogP contribution in [0.3, 0.4) is 0 Å². The van der Waals surface area contributed by atoms with Crippen molar-refractivity contribution >= 4 is 23.5 Å². The fourth-order valence-electron chi connectivity index (χ4n) is 2.23. The summed E-state index contributed by atoms with van der Waals surface area (Å²) in [7, 11) is 0. The zero-order valence-electron chi connectivity index (χ0n) is 9.84. The summed E-state index contributed by atoms with van der Waals surface area (Å²) in [5.74, 6) is -1.41. The molecule has 1 aliphatic heterocycles. The second-order valence-corrected chi connectivity index (χ2v) is 4.78. The molecule has 1 aliphatic rings. The Morgan fingerprint density at radius 3 is 2.83 bits per heavy atom. The Balaban J connectivity index is 2.26. The van der Waals surface area contributed by atoms with Crippen LogP contribution in [0.1, 0.15) is 23.8 Å². The number of carboxylic acid groups (broad SMARTS) is 1. The molecular weight excluding hydrogens is 256 g/mol. The Morgan fingerprint density at radius 1 is 1.50 bits per heavy atom. The molecule has 1 amide bonds. The fraction of sp³-hybridized carbons (Fsp3) is 0.417. The normalized spacial score (nSPS) is 23.1. The molecule has 5 nitrogen and oxygen atoms in total. The number of carboxylic acids is 1. The summed E-state index contributed by atoms with van der Waals surface area (Å²) >= 11 is 5.73. The van der Waals surface area contributed by atoms with E-state index >= 15 is 0 Å². The number of halogens is 1. The molecule has 96 valence electrons. The van der Waals surface area contributed by atoms with Crippen molar-refractivity contribution in [3.63, 3.8) is 0 Å². The van der Waals surface area contributed by atoms with Crippen LogP contribution < -0.4 is 0 Å². The molecule has 2 rings (SSSR count). The molecule has 1 aromatic heterocycles. The van der Waals surface area contributed by atoms with Gasteiger partial charge < -0.3 is 10.0 Å². The van der Waals surface area contributed by atoms with E-state index in [0.717, 1.165) is 0 Å². The van der Waals surface area contributed by atoms with Gasteiger partial charge in [0.2, 0.25) is 0 Å². The van der Waals surface area contributed by atoms with Crippen molar-refractivity contribution in [2.24, 2.45) is 5.92 Å². The summed E-state index contributed by atoms with van der Waals surface area (Å²) in [5, 5.41) is 9.39. The van der Waals surface area contributed by atoms with Gasteiger partial charge in [0.05, 0.1) is 0 Å². The highest BCUT2D eigenvalue weighted by Gasteiger charge is 2.40. The number of hydrogen-bond acceptors (Lipinski definition) is 3. The van der Waals surface area contributed by atoms with Gasteiger partial charge in [0.25, 0.3) is 5.91 Å². The molecule has 18 heavy (non-hydrogen) atoms. The average Bonchev–Trinajstić information content (AvgIpc) is 2.70. The summed E-state index contributed by atoms with van der Waals surface area (Å²) < 4.78 is 0. The van der Waals surface area contributed by atoms with Gasteiger partial charge in [-0.05, 0) is 24.5 Å². The van der Waals surface area contributed by atoms with Crippen LogP contribution in [0.15, 0.2) is 18.2 Å². The van der Waals surface area contributed by atoms with Gasteiger partial charge in [0.15, 0.2) is 0 Å². The second kappa shape index (κ2) is 4.94. The number of likely N-dealkylation sites (tertiary alicyclic amines) is 1. The maximum atomic E-state index is 12.2. The Hall–Kier alpha value is -1.62. The number of pyridine rings is 1. The van der Waals surface area contributed by atoms with Crippen molar-refractivity contribution in [1.29, 1.82) is 0 Å². The molecule has 0 saturated carbocycles. The summed E-state index contributed by atoms with van der Waals surface area (Å²) in [6, 6.07) is 3.95. The lowest BCUT2D eigenvalue weighted by Crippen LogP contribution is -2.43. The molecule has 6 heteroatoms. The number of rotatable bonds is 2. The summed E-state index contributed by atoms with van der Waals surface area (Å²) in [6.07, 6.45) is 0.684. The molecule has 0 spiro atoms. The van der Waals surface area contributed by atoms with E-state index < -0.39 is 12.0 Å². The third kappa shape index (κ3) is 2.31. The van der Waals surface area contributed by atoms with Gasteiger partial charge >= 0.3 is 5.97 Å². The van der Waals surface area contributed by atoms with Crippen LogP contribution in [0.25, 0.3) is 0 Å².